The van der Waals surface area contributed by atoms with E-state index in [1.54, 1.807) is 12.1 Å². The molecular weight excluding hydrogens is 436 g/mol. The van der Waals surface area contributed by atoms with Crippen molar-refractivity contribution in [2.75, 3.05) is 11.6 Å². The number of thiazole rings is 1. The number of nitrogens with one attached hydrogen (secondary N) is 1. The summed E-state index contributed by atoms with van der Waals surface area (Å²) in [5.74, 6) is -0.0713. The molecule has 1 amide bonds. The number of amides is 1. The van der Waals surface area contributed by atoms with Crippen LogP contribution in [0.15, 0.2) is 51.8 Å². The predicted octanol–water partition coefficient (Wildman–Crippen LogP) is 4.13. The van der Waals surface area contributed by atoms with Gasteiger partial charge in [0.25, 0.3) is 0 Å². The van der Waals surface area contributed by atoms with Crippen LogP contribution >= 0.6 is 27.3 Å². The summed E-state index contributed by atoms with van der Waals surface area (Å²) < 4.78 is 25.1. The van der Waals surface area contributed by atoms with Gasteiger partial charge in [0.05, 0.1) is 20.5 Å². The van der Waals surface area contributed by atoms with Gasteiger partial charge in [-0.15, -0.1) is 0 Å². The summed E-state index contributed by atoms with van der Waals surface area (Å²) >= 11 is 4.73. The molecule has 0 saturated heterocycles. The Morgan fingerprint density at radius 2 is 2.00 bits per heavy atom. The smallest absolute Gasteiger partial charge is 0.236 e. The van der Waals surface area contributed by atoms with E-state index in [9.17, 15) is 13.2 Å². The largest absolute Gasteiger partial charge is 0.301 e. The number of halogens is 1. The SMILES string of the molecule is CS(=O)(=O)c1ccc2nc(NC(=O)C3(c4cccc(Br)c4)CC3)sc2c1. The Hall–Kier alpha value is -1.77. The highest BCUT2D eigenvalue weighted by Gasteiger charge is 2.51. The Balaban J connectivity index is 1.62. The lowest BCUT2D eigenvalue weighted by atomic mass is 9.95. The zero-order valence-corrected chi connectivity index (χ0v) is 17.0. The van der Waals surface area contributed by atoms with Crippen LogP contribution in [0.25, 0.3) is 10.2 Å². The third-order valence-corrected chi connectivity index (χ3v) is 7.11. The van der Waals surface area contributed by atoms with Crippen LogP contribution < -0.4 is 5.32 Å². The fourth-order valence-corrected chi connectivity index (χ4v) is 4.98. The lowest BCUT2D eigenvalue weighted by molar-refractivity contribution is -0.118. The molecule has 0 unspecified atom stereocenters. The molecular formula is C18H15BrN2O3S2. The molecule has 26 heavy (non-hydrogen) atoms. The summed E-state index contributed by atoms with van der Waals surface area (Å²) in [6.07, 6.45) is 2.78. The third-order valence-electron chi connectivity index (χ3n) is 4.57. The maximum absolute atomic E-state index is 12.9. The molecule has 1 N–H and O–H groups in total. The minimum absolute atomic E-state index is 0.0713. The van der Waals surface area contributed by atoms with Gasteiger partial charge < -0.3 is 5.32 Å². The molecule has 0 aliphatic heterocycles. The molecule has 134 valence electrons. The zero-order chi connectivity index (χ0) is 18.5. The molecule has 1 aliphatic rings. The summed E-state index contributed by atoms with van der Waals surface area (Å²) in [7, 11) is -3.27. The van der Waals surface area contributed by atoms with E-state index in [0.717, 1.165) is 27.6 Å². The van der Waals surface area contributed by atoms with Gasteiger partial charge in [0.1, 0.15) is 0 Å². The topological polar surface area (TPSA) is 76.1 Å². The monoisotopic (exact) mass is 450 g/mol. The van der Waals surface area contributed by atoms with Crippen molar-refractivity contribution < 1.29 is 13.2 Å². The van der Waals surface area contributed by atoms with Crippen LogP contribution in [0, 0.1) is 0 Å². The molecule has 8 heteroatoms. The second kappa shape index (κ2) is 6.14. The Kier molecular flexibility index (Phi) is 4.17. The number of hydrogen-bond acceptors (Lipinski definition) is 5. The first kappa shape index (κ1) is 17.6. The highest BCUT2D eigenvalue weighted by atomic mass is 79.9. The Labute approximate surface area is 163 Å². The Bertz CT molecular complexity index is 1130. The van der Waals surface area contributed by atoms with Gasteiger partial charge in [-0.3, -0.25) is 4.79 Å². The molecule has 0 bridgehead atoms. The van der Waals surface area contributed by atoms with Crippen LogP contribution in [0.4, 0.5) is 5.13 Å². The van der Waals surface area contributed by atoms with Gasteiger partial charge in [0.2, 0.25) is 5.91 Å². The molecule has 2 aromatic carbocycles. The Morgan fingerprint density at radius 3 is 2.65 bits per heavy atom. The van der Waals surface area contributed by atoms with E-state index in [0.29, 0.717) is 10.6 Å². The second-order valence-corrected chi connectivity index (χ2v) is 10.4. The van der Waals surface area contributed by atoms with Gasteiger partial charge in [-0.1, -0.05) is 39.4 Å². The molecule has 1 heterocycles. The summed E-state index contributed by atoms with van der Waals surface area (Å²) in [4.78, 5) is 17.5. The number of anilines is 1. The molecule has 4 rings (SSSR count). The number of rotatable bonds is 4. The van der Waals surface area contributed by atoms with Crippen LogP contribution in [0.2, 0.25) is 0 Å². The zero-order valence-electron chi connectivity index (χ0n) is 13.8. The van der Waals surface area contributed by atoms with Crippen LogP contribution in [-0.2, 0) is 20.0 Å². The number of aromatic nitrogens is 1. The fourth-order valence-electron chi connectivity index (χ4n) is 2.96. The molecule has 0 radical (unpaired) electrons. The van der Waals surface area contributed by atoms with E-state index in [1.807, 2.05) is 24.3 Å². The van der Waals surface area contributed by atoms with E-state index in [-0.39, 0.29) is 10.8 Å². The van der Waals surface area contributed by atoms with Gasteiger partial charge in [-0.05, 0) is 48.7 Å². The number of sulfone groups is 1. The van der Waals surface area contributed by atoms with Crippen LogP contribution in [0.3, 0.4) is 0 Å². The first-order chi connectivity index (χ1) is 12.3. The van der Waals surface area contributed by atoms with E-state index in [1.165, 1.54) is 23.7 Å². The van der Waals surface area contributed by atoms with Gasteiger partial charge in [0.15, 0.2) is 15.0 Å². The van der Waals surface area contributed by atoms with Gasteiger partial charge in [-0.2, -0.15) is 0 Å². The minimum atomic E-state index is -3.27. The molecule has 0 spiro atoms. The van der Waals surface area contributed by atoms with E-state index in [4.69, 9.17) is 0 Å². The number of hydrogen-bond donors (Lipinski definition) is 1. The summed E-state index contributed by atoms with van der Waals surface area (Å²) in [5, 5.41) is 3.40. The summed E-state index contributed by atoms with van der Waals surface area (Å²) in [5.41, 5.74) is 1.16. The molecule has 1 fully saturated rings. The van der Waals surface area contributed by atoms with Crippen molar-refractivity contribution in [1.82, 2.24) is 4.98 Å². The normalized spacial score (nSPS) is 15.8. The van der Waals surface area contributed by atoms with E-state index < -0.39 is 15.3 Å². The third kappa shape index (κ3) is 3.17. The quantitative estimate of drug-likeness (QED) is 0.647. The second-order valence-electron chi connectivity index (χ2n) is 6.47. The maximum atomic E-state index is 12.9. The molecule has 1 aliphatic carbocycles. The van der Waals surface area contributed by atoms with Crippen molar-refractivity contribution in [3.8, 4) is 0 Å². The molecule has 1 aromatic heterocycles. The van der Waals surface area contributed by atoms with Crippen molar-refractivity contribution in [2.45, 2.75) is 23.2 Å². The summed E-state index contributed by atoms with van der Waals surface area (Å²) in [6.45, 7) is 0. The first-order valence-electron chi connectivity index (χ1n) is 7.96. The number of carbonyl (C=O) groups excluding carboxylic acids is 1. The number of benzene rings is 2. The highest BCUT2D eigenvalue weighted by molar-refractivity contribution is 9.10. The lowest BCUT2D eigenvalue weighted by Crippen LogP contribution is -2.27. The van der Waals surface area contributed by atoms with Crippen molar-refractivity contribution in [2.24, 2.45) is 0 Å². The number of fused-ring (bicyclic) bond motifs is 1. The maximum Gasteiger partial charge on any atom is 0.236 e. The Morgan fingerprint density at radius 1 is 1.23 bits per heavy atom. The minimum Gasteiger partial charge on any atom is -0.301 e. The van der Waals surface area contributed by atoms with E-state index >= 15 is 0 Å². The van der Waals surface area contributed by atoms with Crippen LogP contribution in [0.1, 0.15) is 18.4 Å². The van der Waals surface area contributed by atoms with Crippen molar-refractivity contribution >= 4 is 58.4 Å². The molecule has 0 atom stereocenters. The first-order valence-corrected chi connectivity index (χ1v) is 11.5. The van der Waals surface area contributed by atoms with Crippen molar-refractivity contribution in [1.29, 1.82) is 0 Å². The molecule has 3 aromatic rings. The average molecular weight is 451 g/mol. The van der Waals surface area contributed by atoms with Crippen molar-refractivity contribution in [3.63, 3.8) is 0 Å². The van der Waals surface area contributed by atoms with Crippen LogP contribution in [-0.4, -0.2) is 25.6 Å². The number of carbonyl (C=O) groups is 1. The number of nitrogens with zero attached hydrogens (tertiary/aromatic N) is 1. The molecule has 5 nitrogen and oxygen atoms in total. The van der Waals surface area contributed by atoms with Gasteiger partial charge in [-0.25, -0.2) is 13.4 Å². The standard InChI is InChI=1S/C18H15BrN2O3S2/c1-26(23,24)13-5-6-14-15(10-13)25-17(20-14)21-16(22)18(7-8-18)11-3-2-4-12(19)9-11/h2-6,9-10H,7-8H2,1H3,(H,20,21,22). The van der Waals surface area contributed by atoms with Gasteiger partial charge >= 0.3 is 0 Å². The van der Waals surface area contributed by atoms with E-state index in [2.05, 4.69) is 26.2 Å². The molecule has 1 saturated carbocycles. The fraction of sp³-hybridized carbons (Fsp3) is 0.222. The van der Waals surface area contributed by atoms with Gasteiger partial charge in [0, 0.05) is 10.7 Å². The lowest BCUT2D eigenvalue weighted by Gasteiger charge is -2.14. The predicted molar refractivity (Wildman–Crippen MR) is 106 cm³/mol. The summed E-state index contributed by atoms with van der Waals surface area (Å²) in [6, 6.07) is 12.6. The highest BCUT2D eigenvalue weighted by Crippen LogP contribution is 2.49. The van der Waals surface area contributed by atoms with Crippen molar-refractivity contribution in [3.05, 3.63) is 52.5 Å². The van der Waals surface area contributed by atoms with Crippen LogP contribution in [0.5, 0.6) is 0 Å². The average Bonchev–Trinajstić information content (AvgIpc) is 3.29.